The SMILES string of the molecule is CC(C)(C)C(CCN)CCC(=O)Nc1ccn[nH]1. The molecule has 0 bridgehead atoms. The van der Waals surface area contributed by atoms with E-state index in [4.69, 9.17) is 5.73 Å². The zero-order chi connectivity index (χ0) is 13.6. The summed E-state index contributed by atoms with van der Waals surface area (Å²) in [6.07, 6.45) is 3.95. The fourth-order valence-electron chi connectivity index (χ4n) is 2.06. The second kappa shape index (κ2) is 6.54. The Balaban J connectivity index is 2.40. The molecule has 0 fully saturated rings. The highest BCUT2D eigenvalue weighted by molar-refractivity contribution is 5.89. The lowest BCUT2D eigenvalue weighted by atomic mass is 9.76. The number of nitrogens with two attached hydrogens (primary N) is 1. The quantitative estimate of drug-likeness (QED) is 0.725. The summed E-state index contributed by atoms with van der Waals surface area (Å²) in [4.78, 5) is 11.8. The molecule has 1 amide bonds. The summed E-state index contributed by atoms with van der Waals surface area (Å²) in [6, 6.07) is 1.74. The second-order valence-corrected chi connectivity index (χ2v) is 5.70. The van der Waals surface area contributed by atoms with E-state index in [0.717, 1.165) is 12.8 Å². The summed E-state index contributed by atoms with van der Waals surface area (Å²) >= 11 is 0. The fraction of sp³-hybridized carbons (Fsp3) is 0.692. The number of nitrogens with one attached hydrogen (secondary N) is 2. The third-order valence-electron chi connectivity index (χ3n) is 3.23. The van der Waals surface area contributed by atoms with Gasteiger partial charge in [0.15, 0.2) is 0 Å². The van der Waals surface area contributed by atoms with Crippen molar-refractivity contribution in [1.82, 2.24) is 10.2 Å². The summed E-state index contributed by atoms with van der Waals surface area (Å²) in [7, 11) is 0. The summed E-state index contributed by atoms with van der Waals surface area (Å²) in [6.45, 7) is 7.25. The number of aromatic nitrogens is 2. The largest absolute Gasteiger partial charge is 0.330 e. The fourth-order valence-corrected chi connectivity index (χ4v) is 2.06. The monoisotopic (exact) mass is 252 g/mol. The maximum absolute atomic E-state index is 11.8. The van der Waals surface area contributed by atoms with Crippen molar-refractivity contribution in [3.05, 3.63) is 12.3 Å². The van der Waals surface area contributed by atoms with Crippen molar-refractivity contribution in [2.45, 2.75) is 40.0 Å². The third kappa shape index (κ3) is 4.87. The van der Waals surface area contributed by atoms with Crippen LogP contribution in [0.2, 0.25) is 0 Å². The molecule has 0 aliphatic carbocycles. The van der Waals surface area contributed by atoms with Crippen LogP contribution in [0.3, 0.4) is 0 Å². The normalized spacial score (nSPS) is 13.3. The van der Waals surface area contributed by atoms with Crippen molar-refractivity contribution >= 4 is 11.7 Å². The molecule has 1 atom stereocenters. The van der Waals surface area contributed by atoms with Gasteiger partial charge in [0.05, 0.1) is 6.20 Å². The highest BCUT2D eigenvalue weighted by Gasteiger charge is 2.24. The lowest BCUT2D eigenvalue weighted by molar-refractivity contribution is -0.116. The van der Waals surface area contributed by atoms with Gasteiger partial charge in [0, 0.05) is 12.5 Å². The molecule has 5 nitrogen and oxygen atoms in total. The van der Waals surface area contributed by atoms with Crippen molar-refractivity contribution in [2.24, 2.45) is 17.1 Å². The van der Waals surface area contributed by atoms with Crippen LogP contribution in [0.1, 0.15) is 40.0 Å². The molecule has 102 valence electrons. The molecule has 0 spiro atoms. The van der Waals surface area contributed by atoms with E-state index in [-0.39, 0.29) is 11.3 Å². The van der Waals surface area contributed by atoms with Gasteiger partial charge in [-0.3, -0.25) is 9.89 Å². The minimum Gasteiger partial charge on any atom is -0.330 e. The molecule has 1 heterocycles. The summed E-state index contributed by atoms with van der Waals surface area (Å²) in [5, 5.41) is 9.27. The van der Waals surface area contributed by atoms with Gasteiger partial charge in [-0.15, -0.1) is 0 Å². The average Bonchev–Trinajstić information content (AvgIpc) is 2.75. The van der Waals surface area contributed by atoms with Gasteiger partial charge in [-0.1, -0.05) is 20.8 Å². The number of carbonyl (C=O) groups is 1. The Hall–Kier alpha value is -1.36. The van der Waals surface area contributed by atoms with Crippen LogP contribution in [-0.4, -0.2) is 22.6 Å². The van der Waals surface area contributed by atoms with E-state index >= 15 is 0 Å². The molecule has 0 saturated carbocycles. The van der Waals surface area contributed by atoms with Crippen LogP contribution < -0.4 is 11.1 Å². The van der Waals surface area contributed by atoms with Gasteiger partial charge in [-0.2, -0.15) is 5.10 Å². The van der Waals surface area contributed by atoms with Crippen LogP contribution in [0.4, 0.5) is 5.82 Å². The molecule has 0 radical (unpaired) electrons. The molecule has 18 heavy (non-hydrogen) atoms. The van der Waals surface area contributed by atoms with Crippen molar-refractivity contribution in [3.8, 4) is 0 Å². The molecule has 0 aliphatic heterocycles. The Bertz CT molecular complexity index is 354. The Kier molecular flexibility index (Phi) is 5.34. The molecule has 0 saturated heterocycles. The number of anilines is 1. The molecular formula is C13H24N4O. The third-order valence-corrected chi connectivity index (χ3v) is 3.23. The van der Waals surface area contributed by atoms with E-state index in [1.54, 1.807) is 12.3 Å². The molecule has 5 heteroatoms. The molecular weight excluding hydrogens is 228 g/mol. The first-order valence-electron chi connectivity index (χ1n) is 6.42. The average molecular weight is 252 g/mol. The van der Waals surface area contributed by atoms with E-state index in [1.807, 2.05) is 0 Å². The smallest absolute Gasteiger partial charge is 0.225 e. The standard InChI is InChI=1S/C13H24N4O/c1-13(2,3)10(6-8-14)4-5-12(18)16-11-7-9-15-17-11/h7,9-10H,4-6,8,14H2,1-3H3,(H2,15,16,17,18). The summed E-state index contributed by atoms with van der Waals surface area (Å²) in [5.41, 5.74) is 5.82. The molecule has 1 unspecified atom stereocenters. The first-order valence-corrected chi connectivity index (χ1v) is 6.42. The van der Waals surface area contributed by atoms with Gasteiger partial charge in [0.1, 0.15) is 5.82 Å². The summed E-state index contributed by atoms with van der Waals surface area (Å²) < 4.78 is 0. The predicted molar refractivity (Wildman–Crippen MR) is 73.1 cm³/mol. The zero-order valence-corrected chi connectivity index (χ0v) is 11.5. The number of H-pyrrole nitrogens is 1. The molecule has 1 aromatic heterocycles. The van der Waals surface area contributed by atoms with Crippen molar-refractivity contribution in [3.63, 3.8) is 0 Å². The van der Waals surface area contributed by atoms with E-state index in [9.17, 15) is 4.79 Å². The van der Waals surface area contributed by atoms with E-state index in [1.165, 1.54) is 0 Å². The van der Waals surface area contributed by atoms with E-state index in [2.05, 4.69) is 36.3 Å². The van der Waals surface area contributed by atoms with Crippen LogP contribution >= 0.6 is 0 Å². The maximum atomic E-state index is 11.8. The molecule has 0 aromatic carbocycles. The van der Waals surface area contributed by atoms with Crippen LogP contribution in [0.25, 0.3) is 0 Å². The van der Waals surface area contributed by atoms with Crippen LogP contribution in [-0.2, 0) is 4.79 Å². The highest BCUT2D eigenvalue weighted by Crippen LogP contribution is 2.32. The minimum atomic E-state index is 0.0190. The predicted octanol–water partition coefficient (Wildman–Crippen LogP) is 2.14. The number of aromatic amines is 1. The topological polar surface area (TPSA) is 83.8 Å². The molecule has 1 rings (SSSR count). The Morgan fingerprint density at radius 3 is 2.72 bits per heavy atom. The van der Waals surface area contributed by atoms with Crippen molar-refractivity contribution in [2.75, 3.05) is 11.9 Å². The van der Waals surface area contributed by atoms with Crippen molar-refractivity contribution < 1.29 is 4.79 Å². The lowest BCUT2D eigenvalue weighted by Gasteiger charge is -2.30. The van der Waals surface area contributed by atoms with Crippen LogP contribution in [0, 0.1) is 11.3 Å². The maximum Gasteiger partial charge on any atom is 0.225 e. The number of hydrogen-bond donors (Lipinski definition) is 3. The second-order valence-electron chi connectivity index (χ2n) is 5.70. The number of amides is 1. The van der Waals surface area contributed by atoms with Gasteiger partial charge in [0.25, 0.3) is 0 Å². The molecule has 1 aromatic rings. The van der Waals surface area contributed by atoms with Gasteiger partial charge in [-0.25, -0.2) is 0 Å². The van der Waals surface area contributed by atoms with Crippen molar-refractivity contribution in [1.29, 1.82) is 0 Å². The Labute approximate surface area is 109 Å². The van der Waals surface area contributed by atoms with Crippen LogP contribution in [0.15, 0.2) is 12.3 Å². The van der Waals surface area contributed by atoms with Gasteiger partial charge in [-0.05, 0) is 30.7 Å². The first kappa shape index (κ1) is 14.7. The van der Waals surface area contributed by atoms with Crippen LogP contribution in [0.5, 0.6) is 0 Å². The Morgan fingerprint density at radius 2 is 2.22 bits per heavy atom. The van der Waals surface area contributed by atoms with Gasteiger partial charge < -0.3 is 11.1 Å². The summed E-state index contributed by atoms with van der Waals surface area (Å²) in [5.74, 6) is 1.13. The first-order chi connectivity index (χ1) is 8.43. The minimum absolute atomic E-state index is 0.0190. The van der Waals surface area contributed by atoms with E-state index < -0.39 is 0 Å². The molecule has 4 N–H and O–H groups in total. The highest BCUT2D eigenvalue weighted by atomic mass is 16.1. The number of carbonyl (C=O) groups excluding carboxylic acids is 1. The van der Waals surface area contributed by atoms with Gasteiger partial charge in [0.2, 0.25) is 5.91 Å². The Morgan fingerprint density at radius 1 is 1.50 bits per heavy atom. The zero-order valence-electron chi connectivity index (χ0n) is 11.5. The lowest BCUT2D eigenvalue weighted by Crippen LogP contribution is -2.25. The van der Waals surface area contributed by atoms with Gasteiger partial charge >= 0.3 is 0 Å². The number of nitrogens with zero attached hydrogens (tertiary/aromatic N) is 1. The molecule has 0 aliphatic rings. The number of hydrogen-bond acceptors (Lipinski definition) is 3. The van der Waals surface area contributed by atoms with E-state index in [0.29, 0.717) is 24.7 Å². The number of rotatable bonds is 6.